The zero-order valence-corrected chi connectivity index (χ0v) is 18.2. The Kier molecular flexibility index (Phi) is 5.94. The molecular weight excluding hydrogens is 412 g/mol. The number of nitrogens with one attached hydrogen (secondary N) is 2. The number of hydrogen-bond donors (Lipinski definition) is 2. The number of hydrogen-bond acceptors (Lipinski definition) is 6. The number of rotatable bonds is 5. The summed E-state index contributed by atoms with van der Waals surface area (Å²) in [6, 6.07) is 13.7. The van der Waals surface area contributed by atoms with Gasteiger partial charge in [0.05, 0.1) is 11.9 Å². The molecule has 2 aromatic heterocycles. The quantitative estimate of drug-likeness (QED) is 0.637. The molecule has 2 aliphatic heterocycles. The van der Waals surface area contributed by atoms with Crippen molar-refractivity contribution in [3.63, 3.8) is 0 Å². The van der Waals surface area contributed by atoms with E-state index in [1.165, 1.54) is 18.2 Å². The summed E-state index contributed by atoms with van der Waals surface area (Å²) in [6.07, 6.45) is 8.49. The first kappa shape index (κ1) is 21.0. The van der Waals surface area contributed by atoms with E-state index in [2.05, 4.69) is 49.8 Å². The van der Waals surface area contributed by atoms with Crippen LogP contribution in [0.25, 0.3) is 16.7 Å². The maximum absolute atomic E-state index is 13.2. The van der Waals surface area contributed by atoms with Crippen molar-refractivity contribution in [2.24, 2.45) is 0 Å². The van der Waals surface area contributed by atoms with E-state index in [9.17, 15) is 4.79 Å². The van der Waals surface area contributed by atoms with Crippen molar-refractivity contribution in [3.8, 4) is 17.2 Å². The van der Waals surface area contributed by atoms with Crippen LogP contribution in [0.4, 0.5) is 5.69 Å². The number of nitriles is 1. The number of likely N-dealkylation sites (tertiary alicyclic amines) is 1. The van der Waals surface area contributed by atoms with Crippen LogP contribution in [0.5, 0.6) is 0 Å². The Balaban J connectivity index is 1.43. The number of aromatic nitrogens is 2. The summed E-state index contributed by atoms with van der Waals surface area (Å²) in [4.78, 5) is 24.1. The summed E-state index contributed by atoms with van der Waals surface area (Å²) >= 11 is 0. The van der Waals surface area contributed by atoms with Crippen molar-refractivity contribution < 1.29 is 4.79 Å². The van der Waals surface area contributed by atoms with Gasteiger partial charge >= 0.3 is 0 Å². The summed E-state index contributed by atoms with van der Waals surface area (Å²) in [6.45, 7) is 4.50. The van der Waals surface area contributed by atoms with Gasteiger partial charge in [0.25, 0.3) is 5.91 Å². The van der Waals surface area contributed by atoms with Crippen LogP contribution in [0.3, 0.4) is 0 Å². The van der Waals surface area contributed by atoms with Crippen LogP contribution in [0.1, 0.15) is 28.8 Å². The average Bonchev–Trinajstić information content (AvgIpc) is 3.04. The summed E-state index contributed by atoms with van der Waals surface area (Å²) < 4.78 is 0. The molecule has 1 saturated heterocycles. The van der Waals surface area contributed by atoms with E-state index >= 15 is 0 Å². The van der Waals surface area contributed by atoms with Crippen LogP contribution < -0.4 is 10.6 Å². The summed E-state index contributed by atoms with van der Waals surface area (Å²) in [7, 11) is 0. The lowest BCUT2D eigenvalue weighted by atomic mass is 9.94. The lowest BCUT2D eigenvalue weighted by Crippen LogP contribution is -2.36. The Labute approximate surface area is 192 Å². The molecule has 33 heavy (non-hydrogen) atoms. The van der Waals surface area contributed by atoms with Gasteiger partial charge < -0.3 is 10.6 Å². The largest absolute Gasteiger partial charge is 0.321 e. The average molecular weight is 437 g/mol. The molecule has 1 fully saturated rings. The summed E-state index contributed by atoms with van der Waals surface area (Å²) in [5.41, 5.74) is 6.74. The van der Waals surface area contributed by atoms with Gasteiger partial charge in [0.15, 0.2) is 0 Å². The maximum Gasteiger partial charge on any atom is 0.256 e. The maximum atomic E-state index is 13.2. The molecule has 0 spiro atoms. The molecule has 7 nitrogen and oxygen atoms in total. The standard InChI is InChI=1S/C26H24N6O/c27-12-22-4-5-23(16-30-22)31-26(33)24-6-7-28-14-20-3-2-19(11-25(20)24)21-10-18(13-29-15-21)17-32-8-1-9-32/h2-6,10-11,13,15-16,28H,1,7-9,14,17H2,(H,31,33). The molecule has 3 aromatic rings. The molecule has 2 aliphatic rings. The molecule has 0 bridgehead atoms. The molecule has 0 saturated carbocycles. The zero-order valence-electron chi connectivity index (χ0n) is 18.2. The Bertz CT molecular complexity index is 1250. The van der Waals surface area contributed by atoms with Crippen LogP contribution in [0.15, 0.2) is 61.1 Å². The summed E-state index contributed by atoms with van der Waals surface area (Å²) in [5.74, 6) is -0.201. The van der Waals surface area contributed by atoms with Crippen LogP contribution >= 0.6 is 0 Å². The third-order valence-electron chi connectivity index (χ3n) is 6.03. The van der Waals surface area contributed by atoms with Crippen molar-refractivity contribution >= 4 is 17.2 Å². The van der Waals surface area contributed by atoms with Crippen LogP contribution in [-0.4, -0.2) is 40.4 Å². The van der Waals surface area contributed by atoms with E-state index in [-0.39, 0.29) is 5.91 Å². The second kappa shape index (κ2) is 9.33. The SMILES string of the molecule is N#Cc1ccc(NC(=O)C2=CCNCc3ccc(-c4cncc(CN5CCC5)c4)cc32)cn1. The fourth-order valence-electron chi connectivity index (χ4n) is 4.13. The van der Waals surface area contributed by atoms with Gasteiger partial charge in [0.1, 0.15) is 11.8 Å². The van der Waals surface area contributed by atoms with Gasteiger partial charge in [-0.25, -0.2) is 4.98 Å². The van der Waals surface area contributed by atoms with E-state index in [1.807, 2.05) is 24.5 Å². The number of pyridine rings is 2. The minimum atomic E-state index is -0.201. The highest BCUT2D eigenvalue weighted by molar-refractivity contribution is 6.25. The number of anilines is 1. The number of nitrogens with zero attached hydrogens (tertiary/aromatic N) is 4. The predicted octanol–water partition coefficient (Wildman–Crippen LogP) is 3.35. The minimum Gasteiger partial charge on any atom is -0.321 e. The smallest absolute Gasteiger partial charge is 0.256 e. The third-order valence-corrected chi connectivity index (χ3v) is 6.03. The van der Waals surface area contributed by atoms with Gasteiger partial charge in [0, 0.05) is 43.2 Å². The number of amides is 1. The van der Waals surface area contributed by atoms with Crippen molar-refractivity contribution in [1.29, 1.82) is 5.26 Å². The fraction of sp³-hybridized carbons (Fsp3) is 0.231. The van der Waals surface area contributed by atoms with Crippen molar-refractivity contribution in [2.45, 2.75) is 19.5 Å². The predicted molar refractivity (Wildman–Crippen MR) is 127 cm³/mol. The molecule has 5 rings (SSSR count). The van der Waals surface area contributed by atoms with Gasteiger partial charge in [-0.15, -0.1) is 0 Å². The molecule has 0 aliphatic carbocycles. The zero-order chi connectivity index (χ0) is 22.6. The van der Waals surface area contributed by atoms with Gasteiger partial charge in [-0.05, 0) is 66.0 Å². The highest BCUT2D eigenvalue weighted by Crippen LogP contribution is 2.29. The molecule has 1 amide bonds. The Morgan fingerprint density at radius 3 is 2.79 bits per heavy atom. The Hall–Kier alpha value is -3.86. The van der Waals surface area contributed by atoms with Crippen LogP contribution in [-0.2, 0) is 17.9 Å². The van der Waals surface area contributed by atoms with Gasteiger partial charge in [-0.3, -0.25) is 14.7 Å². The first-order valence-electron chi connectivity index (χ1n) is 11.1. The van der Waals surface area contributed by atoms with Crippen LogP contribution in [0, 0.1) is 11.3 Å². The van der Waals surface area contributed by atoms with Gasteiger partial charge in [-0.2, -0.15) is 5.26 Å². The lowest BCUT2D eigenvalue weighted by molar-refractivity contribution is -0.111. The van der Waals surface area contributed by atoms with E-state index in [1.54, 1.807) is 12.1 Å². The van der Waals surface area contributed by atoms with Crippen molar-refractivity contribution in [1.82, 2.24) is 20.2 Å². The third kappa shape index (κ3) is 4.67. The van der Waals surface area contributed by atoms with E-state index < -0.39 is 0 Å². The molecule has 7 heteroatoms. The van der Waals surface area contributed by atoms with Crippen molar-refractivity contribution in [3.05, 3.63) is 83.4 Å². The highest BCUT2D eigenvalue weighted by Gasteiger charge is 2.19. The molecule has 0 atom stereocenters. The molecular formula is C26H24N6O. The minimum absolute atomic E-state index is 0.201. The monoisotopic (exact) mass is 436 g/mol. The van der Waals surface area contributed by atoms with E-state index in [4.69, 9.17) is 5.26 Å². The number of benzene rings is 1. The van der Waals surface area contributed by atoms with Gasteiger partial charge in [-0.1, -0.05) is 18.2 Å². The Morgan fingerprint density at radius 1 is 1.12 bits per heavy atom. The molecule has 4 heterocycles. The van der Waals surface area contributed by atoms with Crippen LogP contribution in [0.2, 0.25) is 0 Å². The molecule has 164 valence electrons. The van der Waals surface area contributed by atoms with E-state index in [0.717, 1.165) is 41.9 Å². The molecule has 0 radical (unpaired) electrons. The van der Waals surface area contributed by atoms with Gasteiger partial charge in [0.2, 0.25) is 0 Å². The first-order valence-corrected chi connectivity index (χ1v) is 11.1. The second-order valence-corrected chi connectivity index (χ2v) is 8.33. The molecule has 0 unspecified atom stereocenters. The molecule has 2 N–H and O–H groups in total. The number of carbonyl (C=O) groups is 1. The fourth-order valence-corrected chi connectivity index (χ4v) is 4.13. The summed E-state index contributed by atoms with van der Waals surface area (Å²) in [5, 5.41) is 15.2. The number of fused-ring (bicyclic) bond motifs is 1. The van der Waals surface area contributed by atoms with E-state index in [0.29, 0.717) is 30.0 Å². The Morgan fingerprint density at radius 2 is 2.03 bits per heavy atom. The topological polar surface area (TPSA) is 93.9 Å². The van der Waals surface area contributed by atoms with Crippen molar-refractivity contribution in [2.75, 3.05) is 25.0 Å². The lowest BCUT2D eigenvalue weighted by Gasteiger charge is -2.30. The second-order valence-electron chi connectivity index (χ2n) is 8.33. The number of carbonyl (C=O) groups excluding carboxylic acids is 1. The molecule has 1 aromatic carbocycles. The normalized spacial score (nSPS) is 15.4. The first-order chi connectivity index (χ1) is 16.2. The highest BCUT2D eigenvalue weighted by atomic mass is 16.1.